The Hall–Kier alpha value is -0.573. The van der Waals surface area contributed by atoms with E-state index in [0.29, 0.717) is 10.6 Å². The van der Waals surface area contributed by atoms with Gasteiger partial charge in [-0.05, 0) is 57.4 Å². The molecule has 2 rings (SSSR count). The third kappa shape index (κ3) is 3.75. The molecule has 0 radical (unpaired) electrons. The molecule has 0 aromatic heterocycles. The molecule has 0 N–H and O–H groups in total. The van der Waals surface area contributed by atoms with Gasteiger partial charge in [0.25, 0.3) is 0 Å². The molecule has 0 amide bonds. The van der Waals surface area contributed by atoms with Crippen LogP contribution in [0.3, 0.4) is 0 Å². The van der Waals surface area contributed by atoms with Crippen LogP contribution in [0.4, 0.5) is 0 Å². The van der Waals surface area contributed by atoms with Gasteiger partial charge in [-0.1, -0.05) is 41.9 Å². The zero-order chi connectivity index (χ0) is 14.0. The Morgan fingerprint density at radius 3 is 2.05 bits per heavy atom. The number of aryl methyl sites for hydroxylation is 3. The number of halogens is 1. The summed E-state index contributed by atoms with van der Waals surface area (Å²) in [5.41, 5.74) is 4.04. The number of carbonyl (C=O) groups excluding carboxylic acids is 1. The minimum atomic E-state index is 0. The van der Waals surface area contributed by atoms with Crippen LogP contribution in [0.5, 0.6) is 0 Å². The molecule has 0 aliphatic heterocycles. The quantitative estimate of drug-likeness (QED) is 0.620. The molecule has 1 unspecified atom stereocenters. The van der Waals surface area contributed by atoms with Crippen LogP contribution in [0.1, 0.15) is 28.5 Å². The molecule has 100 valence electrons. The molecule has 0 fully saturated rings. The molecular formula is C16H17ClLiOP. The molecule has 0 aliphatic carbocycles. The van der Waals surface area contributed by atoms with Crippen LogP contribution in [0.25, 0.3) is 0 Å². The summed E-state index contributed by atoms with van der Waals surface area (Å²) in [6, 6.07) is 11.7. The first-order chi connectivity index (χ1) is 9.00. The van der Waals surface area contributed by atoms with Gasteiger partial charge < -0.3 is 1.43 Å². The predicted molar refractivity (Wildman–Crippen MR) is 85.5 cm³/mol. The summed E-state index contributed by atoms with van der Waals surface area (Å²) in [5, 5.41) is 1.68. The Morgan fingerprint density at radius 1 is 1.00 bits per heavy atom. The van der Waals surface area contributed by atoms with Gasteiger partial charge in [0, 0.05) is 5.56 Å². The maximum absolute atomic E-state index is 12.5. The van der Waals surface area contributed by atoms with Crippen LogP contribution in [0.15, 0.2) is 36.4 Å². The molecule has 20 heavy (non-hydrogen) atoms. The molecule has 0 saturated heterocycles. The maximum Gasteiger partial charge on any atom is 1.00 e. The minimum absolute atomic E-state index is 0. The second-order valence-corrected chi connectivity index (χ2v) is 6.26. The monoisotopic (exact) mass is 298 g/mol. The first-order valence-corrected chi connectivity index (χ1v) is 7.51. The molecule has 2 aromatic carbocycles. The molecule has 1 atom stereocenters. The van der Waals surface area contributed by atoms with E-state index in [2.05, 4.69) is 0 Å². The molecule has 4 heteroatoms. The van der Waals surface area contributed by atoms with Crippen molar-refractivity contribution in [2.45, 2.75) is 20.8 Å². The fourth-order valence-electron chi connectivity index (χ4n) is 2.11. The zero-order valence-corrected chi connectivity index (χ0v) is 14.0. The molecule has 0 spiro atoms. The largest absolute Gasteiger partial charge is 1.00 e. The Kier molecular flexibility index (Phi) is 6.50. The fourth-order valence-corrected chi connectivity index (χ4v) is 3.74. The summed E-state index contributed by atoms with van der Waals surface area (Å²) < 4.78 is 0. The molecule has 0 aliphatic rings. The van der Waals surface area contributed by atoms with Gasteiger partial charge in [0.2, 0.25) is 0 Å². The first-order valence-electron chi connectivity index (χ1n) is 6.13. The number of carbonyl (C=O) groups is 1. The van der Waals surface area contributed by atoms with E-state index in [1.165, 1.54) is 0 Å². The molecule has 0 heterocycles. The normalized spacial score (nSPS) is 10.6. The Bertz CT molecular complexity index is 606. The van der Waals surface area contributed by atoms with E-state index in [1.54, 1.807) is 6.07 Å². The van der Waals surface area contributed by atoms with Crippen molar-refractivity contribution in [2.75, 3.05) is 0 Å². The third-order valence-corrected chi connectivity index (χ3v) is 5.00. The summed E-state index contributed by atoms with van der Waals surface area (Å²) in [6.07, 6.45) is 0. The fraction of sp³-hybridized carbons (Fsp3) is 0.188. The first kappa shape index (κ1) is 17.5. The van der Waals surface area contributed by atoms with E-state index in [4.69, 9.17) is 11.6 Å². The van der Waals surface area contributed by atoms with Crippen LogP contribution < -0.4 is 24.2 Å². The predicted octanol–water partition coefficient (Wildman–Crippen LogP) is 1.53. The van der Waals surface area contributed by atoms with Gasteiger partial charge in [-0.2, -0.15) is 0 Å². The number of hydrogen-bond donors (Lipinski definition) is 0. The Labute approximate surface area is 140 Å². The third-order valence-electron chi connectivity index (χ3n) is 3.17. The topological polar surface area (TPSA) is 17.1 Å². The van der Waals surface area contributed by atoms with Crippen LogP contribution in [0.2, 0.25) is 5.02 Å². The van der Waals surface area contributed by atoms with Gasteiger partial charge in [-0.25, -0.2) is 0 Å². The number of hydrogen-bond acceptors (Lipinski definition) is 1. The van der Waals surface area contributed by atoms with E-state index in [1.807, 2.05) is 51.1 Å². The molecule has 0 saturated carbocycles. The molecular weight excluding hydrogens is 282 g/mol. The van der Waals surface area contributed by atoms with Crippen molar-refractivity contribution in [1.29, 1.82) is 0 Å². The summed E-state index contributed by atoms with van der Waals surface area (Å²) in [7, 11) is 0.123. The van der Waals surface area contributed by atoms with Gasteiger partial charge in [0.1, 0.15) is 0 Å². The minimum Gasteiger partial charge on any atom is -1.00 e. The van der Waals surface area contributed by atoms with Crippen molar-refractivity contribution >= 4 is 31.0 Å². The molecule has 1 nitrogen and oxygen atoms in total. The van der Waals surface area contributed by atoms with Crippen molar-refractivity contribution in [3.8, 4) is 0 Å². The van der Waals surface area contributed by atoms with Crippen LogP contribution in [-0.2, 0) is 0 Å². The van der Waals surface area contributed by atoms with Crippen LogP contribution in [0, 0.1) is 20.8 Å². The zero-order valence-electron chi connectivity index (χ0n) is 13.3. The van der Waals surface area contributed by atoms with Gasteiger partial charge in [0.15, 0.2) is 5.52 Å². The van der Waals surface area contributed by atoms with Gasteiger partial charge in [-0.3, -0.25) is 4.79 Å². The Balaban J connectivity index is 0.00000200. The van der Waals surface area contributed by atoms with Crippen LogP contribution >= 0.6 is 20.2 Å². The summed E-state index contributed by atoms with van der Waals surface area (Å²) in [4.78, 5) is 12.5. The van der Waals surface area contributed by atoms with Crippen molar-refractivity contribution in [2.24, 2.45) is 0 Å². The molecule has 0 bridgehead atoms. The van der Waals surface area contributed by atoms with E-state index >= 15 is 0 Å². The van der Waals surface area contributed by atoms with Gasteiger partial charge >= 0.3 is 18.9 Å². The summed E-state index contributed by atoms with van der Waals surface area (Å²) in [5.74, 6) is 0. The van der Waals surface area contributed by atoms with Crippen molar-refractivity contribution in [1.82, 2.24) is 0 Å². The summed E-state index contributed by atoms with van der Waals surface area (Å²) >= 11 is 6.15. The number of benzene rings is 2. The van der Waals surface area contributed by atoms with Gasteiger partial charge in [0.05, 0.1) is 5.02 Å². The Morgan fingerprint density at radius 2 is 1.50 bits per heavy atom. The average molecular weight is 299 g/mol. The van der Waals surface area contributed by atoms with Gasteiger partial charge in [-0.15, -0.1) is 0 Å². The summed E-state index contributed by atoms with van der Waals surface area (Å²) in [6.45, 7) is 6.01. The van der Waals surface area contributed by atoms with Crippen molar-refractivity contribution in [3.63, 3.8) is 0 Å². The number of rotatable bonds is 3. The maximum atomic E-state index is 12.5. The average Bonchev–Trinajstić information content (AvgIpc) is 2.34. The smallest absolute Gasteiger partial charge is 1.00 e. The van der Waals surface area contributed by atoms with E-state index < -0.39 is 0 Å². The van der Waals surface area contributed by atoms with Crippen molar-refractivity contribution < 1.29 is 25.1 Å². The van der Waals surface area contributed by atoms with E-state index in [0.717, 1.165) is 22.0 Å². The second kappa shape index (κ2) is 7.44. The second-order valence-electron chi connectivity index (χ2n) is 4.65. The SMILES string of the molecule is Cc1cccc(C)c1PC(=O)c1c(C)cccc1Cl.[H-].[Li+]. The molecule has 2 aromatic rings. The van der Waals surface area contributed by atoms with E-state index in [-0.39, 0.29) is 34.4 Å². The van der Waals surface area contributed by atoms with Crippen molar-refractivity contribution in [3.05, 3.63) is 63.7 Å². The van der Waals surface area contributed by atoms with Crippen LogP contribution in [-0.4, -0.2) is 5.52 Å². The van der Waals surface area contributed by atoms with E-state index in [9.17, 15) is 4.79 Å². The standard InChI is InChI=1S/C16H16ClOP.Li.H/c1-10-6-5-9-13(17)14(10)16(18)19-15-11(2)7-4-8-12(15)3;;/h4-9,19H,1-3H3;;/q;+1;-1.